The normalized spacial score (nSPS) is 13.4. The molecule has 2 aliphatic carbocycles. The van der Waals surface area contributed by atoms with Crippen molar-refractivity contribution in [2.45, 2.75) is 26.7 Å². The van der Waals surface area contributed by atoms with Crippen molar-refractivity contribution in [1.29, 1.82) is 0 Å². The summed E-state index contributed by atoms with van der Waals surface area (Å²) in [4.78, 5) is 11.3. The maximum atomic E-state index is 2.44. The highest BCUT2D eigenvalue weighted by Gasteiger charge is 2.28. The minimum atomic E-state index is 1.04. The maximum Gasteiger partial charge on any atom is 0.0452 e. The van der Waals surface area contributed by atoms with E-state index >= 15 is 0 Å². The lowest BCUT2D eigenvalue weighted by Crippen LogP contribution is -2.04. The second-order valence-corrected chi connectivity index (χ2v) is 14.1. The molecule has 6 aromatic rings. The molecular formula is C30H20S4. The van der Waals surface area contributed by atoms with Gasteiger partial charge in [0.15, 0.2) is 0 Å². The van der Waals surface area contributed by atoms with Gasteiger partial charge in [0.2, 0.25) is 0 Å². The monoisotopic (exact) mass is 508 g/mol. The Kier molecular flexibility index (Phi) is 4.08. The lowest BCUT2D eigenvalue weighted by atomic mass is 9.80. The van der Waals surface area contributed by atoms with Crippen LogP contribution in [-0.2, 0) is 12.8 Å². The minimum absolute atomic E-state index is 1.04. The molecule has 0 N–H and O–H groups in total. The molecule has 0 amide bonds. The number of benzene rings is 2. The molecule has 0 unspecified atom stereocenters. The molecule has 0 spiro atoms. The fraction of sp³-hybridized carbons (Fsp3) is 0.133. The molecule has 4 heteroatoms. The van der Waals surface area contributed by atoms with E-state index in [-0.39, 0.29) is 0 Å². The van der Waals surface area contributed by atoms with Gasteiger partial charge in [-0.3, -0.25) is 0 Å². The van der Waals surface area contributed by atoms with Crippen LogP contribution < -0.4 is 0 Å². The van der Waals surface area contributed by atoms with Crippen molar-refractivity contribution in [2.24, 2.45) is 0 Å². The minimum Gasteiger partial charge on any atom is -0.140 e. The fourth-order valence-electron chi connectivity index (χ4n) is 5.67. The Hall–Kier alpha value is -2.50. The molecule has 0 saturated carbocycles. The van der Waals surface area contributed by atoms with Gasteiger partial charge >= 0.3 is 0 Å². The summed E-state index contributed by atoms with van der Waals surface area (Å²) >= 11 is 7.77. The van der Waals surface area contributed by atoms with Crippen LogP contribution in [0.1, 0.15) is 32.0 Å². The summed E-state index contributed by atoms with van der Waals surface area (Å²) < 4.78 is 0. The van der Waals surface area contributed by atoms with E-state index in [4.69, 9.17) is 0 Å². The summed E-state index contributed by atoms with van der Waals surface area (Å²) in [6.45, 7) is 4.40. The summed E-state index contributed by atoms with van der Waals surface area (Å²) in [5, 5.41) is 3.01. The zero-order valence-corrected chi connectivity index (χ0v) is 22.1. The van der Waals surface area contributed by atoms with Gasteiger partial charge in [0.25, 0.3) is 0 Å². The predicted octanol–water partition coefficient (Wildman–Crippen LogP) is 10.2. The average Bonchev–Trinajstić information content (AvgIpc) is 3.62. The smallest absolute Gasteiger partial charge is 0.0452 e. The Balaban J connectivity index is 1.33. The van der Waals surface area contributed by atoms with E-state index in [0.717, 1.165) is 12.8 Å². The molecule has 0 aliphatic heterocycles. The van der Waals surface area contributed by atoms with Gasteiger partial charge in [-0.1, -0.05) is 24.3 Å². The SMILES string of the molecule is Cc1ccc(-c2cc3c(s2)-c2ccc4c5c(ccc(c25)C3)-c2sc(-c3ccc(C)s3)cc2C4)s1. The first-order chi connectivity index (χ1) is 16.6. The molecule has 4 heterocycles. The van der Waals surface area contributed by atoms with Gasteiger partial charge in [-0.05, 0) is 96.1 Å². The van der Waals surface area contributed by atoms with Crippen LogP contribution in [-0.4, -0.2) is 0 Å². The third-order valence-electron chi connectivity index (χ3n) is 7.17. The summed E-state index contributed by atoms with van der Waals surface area (Å²) in [7, 11) is 0. The van der Waals surface area contributed by atoms with E-state index in [2.05, 4.69) is 74.5 Å². The molecule has 0 saturated heterocycles. The molecule has 0 atom stereocenters. The largest absolute Gasteiger partial charge is 0.140 e. The van der Waals surface area contributed by atoms with Crippen molar-refractivity contribution < 1.29 is 0 Å². The van der Waals surface area contributed by atoms with E-state index in [1.165, 1.54) is 83.2 Å². The molecule has 4 aromatic heterocycles. The molecule has 0 radical (unpaired) electrons. The standard InChI is InChI=1S/C30H20S4/c1-15-3-9-23(31-15)25-13-19-11-17-6-8-22-28-18(5-7-21(27(17)28)29(19)33-25)12-20-14-26(34-30(20)22)24-10-4-16(2)32-24/h3-10,13-14H,11-12H2,1-2H3. The Morgan fingerprint density at radius 2 is 0.941 bits per heavy atom. The number of hydrogen-bond acceptors (Lipinski definition) is 4. The quantitative estimate of drug-likeness (QED) is 0.218. The predicted molar refractivity (Wildman–Crippen MR) is 152 cm³/mol. The molecular weight excluding hydrogens is 489 g/mol. The van der Waals surface area contributed by atoms with Crippen LogP contribution >= 0.6 is 45.3 Å². The van der Waals surface area contributed by atoms with Crippen LogP contribution in [0, 0.1) is 13.8 Å². The molecule has 164 valence electrons. The zero-order valence-electron chi connectivity index (χ0n) is 18.8. The van der Waals surface area contributed by atoms with E-state index in [1.807, 2.05) is 45.3 Å². The Morgan fingerprint density at radius 3 is 1.35 bits per heavy atom. The molecule has 2 aromatic carbocycles. The zero-order chi connectivity index (χ0) is 22.6. The van der Waals surface area contributed by atoms with Crippen LogP contribution in [0.15, 0.2) is 60.7 Å². The highest BCUT2D eigenvalue weighted by Crippen LogP contribution is 2.53. The lowest BCUT2D eigenvalue weighted by Gasteiger charge is -2.24. The van der Waals surface area contributed by atoms with E-state index in [1.54, 1.807) is 0 Å². The number of aryl methyl sites for hydroxylation is 2. The second kappa shape index (κ2) is 7.02. The Labute approximate surface area is 214 Å². The first kappa shape index (κ1) is 19.8. The van der Waals surface area contributed by atoms with Gasteiger partial charge in [-0.25, -0.2) is 0 Å². The van der Waals surface area contributed by atoms with Crippen LogP contribution in [0.2, 0.25) is 0 Å². The Bertz CT molecular complexity index is 1650. The number of hydrogen-bond donors (Lipinski definition) is 0. The molecule has 34 heavy (non-hydrogen) atoms. The van der Waals surface area contributed by atoms with Gasteiger partial charge in [-0.15, -0.1) is 45.3 Å². The number of fused-ring (bicyclic) bond motifs is 4. The van der Waals surface area contributed by atoms with Gasteiger partial charge in [0.1, 0.15) is 0 Å². The molecule has 2 aliphatic rings. The molecule has 8 rings (SSSR count). The van der Waals surface area contributed by atoms with Gasteiger partial charge < -0.3 is 0 Å². The Morgan fingerprint density at radius 1 is 0.471 bits per heavy atom. The number of thiophene rings is 4. The van der Waals surface area contributed by atoms with Crippen LogP contribution in [0.5, 0.6) is 0 Å². The highest BCUT2D eigenvalue weighted by atomic mass is 32.1. The first-order valence-corrected chi connectivity index (χ1v) is 14.9. The average molecular weight is 509 g/mol. The lowest BCUT2D eigenvalue weighted by molar-refractivity contribution is 1.19. The topological polar surface area (TPSA) is 0 Å². The van der Waals surface area contributed by atoms with Gasteiger partial charge in [0.05, 0.1) is 0 Å². The molecule has 0 bridgehead atoms. The van der Waals surface area contributed by atoms with Crippen LogP contribution in [0.4, 0.5) is 0 Å². The van der Waals surface area contributed by atoms with Crippen LogP contribution in [0.3, 0.4) is 0 Å². The fourth-order valence-corrected chi connectivity index (χ4v) is 9.99. The van der Waals surface area contributed by atoms with Crippen molar-refractivity contribution in [3.05, 3.63) is 92.7 Å². The highest BCUT2D eigenvalue weighted by molar-refractivity contribution is 7.24. The van der Waals surface area contributed by atoms with Gasteiger partial charge in [0, 0.05) is 50.1 Å². The van der Waals surface area contributed by atoms with Crippen molar-refractivity contribution in [2.75, 3.05) is 0 Å². The van der Waals surface area contributed by atoms with Crippen LogP contribution in [0.25, 0.3) is 51.2 Å². The third-order valence-corrected chi connectivity index (χ3v) is 12.0. The molecule has 0 fully saturated rings. The van der Waals surface area contributed by atoms with Crippen molar-refractivity contribution in [1.82, 2.24) is 0 Å². The number of rotatable bonds is 2. The summed E-state index contributed by atoms with van der Waals surface area (Å²) in [5.74, 6) is 0. The van der Waals surface area contributed by atoms with E-state index < -0.39 is 0 Å². The molecule has 0 nitrogen and oxygen atoms in total. The van der Waals surface area contributed by atoms with E-state index in [0.29, 0.717) is 0 Å². The summed E-state index contributed by atoms with van der Waals surface area (Å²) in [6, 6.07) is 23.6. The van der Waals surface area contributed by atoms with Gasteiger partial charge in [-0.2, -0.15) is 0 Å². The third kappa shape index (κ3) is 2.74. The maximum absolute atomic E-state index is 2.44. The van der Waals surface area contributed by atoms with Crippen molar-refractivity contribution in [3.8, 4) is 40.4 Å². The first-order valence-electron chi connectivity index (χ1n) is 11.6. The summed E-state index contributed by atoms with van der Waals surface area (Å²) in [6.07, 6.45) is 2.08. The second-order valence-electron chi connectivity index (χ2n) is 9.40. The van der Waals surface area contributed by atoms with Crippen molar-refractivity contribution >= 4 is 56.1 Å². The van der Waals surface area contributed by atoms with E-state index in [9.17, 15) is 0 Å². The summed E-state index contributed by atoms with van der Waals surface area (Å²) in [5.41, 5.74) is 8.84. The van der Waals surface area contributed by atoms with Crippen molar-refractivity contribution in [3.63, 3.8) is 0 Å².